The average Bonchev–Trinajstić information content (AvgIpc) is 2.16. The second-order valence-corrected chi connectivity index (χ2v) is 3.88. The highest BCUT2D eigenvalue weighted by Crippen LogP contribution is 2.26. The molecule has 1 atom stereocenters. The second kappa shape index (κ2) is 2.31. The number of thioether (sulfide) groups is 1. The third-order valence-corrected chi connectivity index (χ3v) is 3.04. The van der Waals surface area contributed by atoms with Gasteiger partial charge in [0.15, 0.2) is 5.78 Å². The van der Waals surface area contributed by atoms with Gasteiger partial charge in [-0.2, -0.15) is 0 Å². The van der Waals surface area contributed by atoms with Crippen LogP contribution in [0.4, 0.5) is 0 Å². The summed E-state index contributed by atoms with van der Waals surface area (Å²) < 4.78 is 0. The summed E-state index contributed by atoms with van der Waals surface area (Å²) in [4.78, 5) is 10.6. The van der Waals surface area contributed by atoms with Crippen molar-refractivity contribution < 1.29 is 4.79 Å². The van der Waals surface area contributed by atoms with Crippen LogP contribution in [0, 0.1) is 0 Å². The van der Waals surface area contributed by atoms with E-state index < -0.39 is 0 Å². The van der Waals surface area contributed by atoms with Crippen molar-refractivity contribution in [2.24, 2.45) is 0 Å². The van der Waals surface area contributed by atoms with Crippen LogP contribution in [-0.2, 0) is 4.79 Å². The van der Waals surface area contributed by atoms with Crippen LogP contribution in [0.15, 0.2) is 0 Å². The van der Waals surface area contributed by atoms with E-state index in [9.17, 15) is 4.79 Å². The first-order valence-corrected chi connectivity index (χ1v) is 4.04. The Kier molecular flexibility index (Phi) is 1.82. The first-order chi connectivity index (χ1) is 4.15. The largest absolute Gasteiger partial charge is 0.297 e. The smallest absolute Gasteiger partial charge is 0.159 e. The van der Waals surface area contributed by atoms with Crippen molar-refractivity contribution in [3.63, 3.8) is 0 Å². The zero-order valence-electron chi connectivity index (χ0n) is 5.73. The number of rotatable bonds is 1. The van der Waals surface area contributed by atoms with Crippen molar-refractivity contribution in [3.8, 4) is 0 Å². The molecule has 2 nitrogen and oxygen atoms in total. The van der Waals surface area contributed by atoms with Gasteiger partial charge in [-0.25, -0.2) is 0 Å². The average molecular weight is 145 g/mol. The van der Waals surface area contributed by atoms with Gasteiger partial charge in [-0.15, -0.1) is 11.8 Å². The summed E-state index contributed by atoms with van der Waals surface area (Å²) >= 11 is 1.69. The molecule has 0 unspecified atom stereocenters. The summed E-state index contributed by atoms with van der Waals surface area (Å²) in [6.45, 7) is 4.53. The van der Waals surface area contributed by atoms with Crippen LogP contribution in [0.3, 0.4) is 0 Å². The zero-order chi connectivity index (χ0) is 6.91. The maximum absolute atomic E-state index is 10.9. The summed E-state index contributed by atoms with van der Waals surface area (Å²) in [5.74, 6) is 1.28. The fourth-order valence-corrected chi connectivity index (χ4v) is 1.84. The van der Waals surface area contributed by atoms with E-state index in [0.717, 1.165) is 12.3 Å². The molecule has 0 radical (unpaired) electrons. The van der Waals surface area contributed by atoms with Crippen LogP contribution in [-0.4, -0.2) is 23.0 Å². The molecule has 0 bridgehead atoms. The predicted molar refractivity (Wildman–Crippen MR) is 39.5 cm³/mol. The number of carbonyl (C=O) groups excluding carboxylic acids is 1. The summed E-state index contributed by atoms with van der Waals surface area (Å²) in [6, 6.07) is 0. The molecule has 1 N–H and O–H groups in total. The maximum atomic E-state index is 10.9. The van der Waals surface area contributed by atoms with Crippen molar-refractivity contribution in [1.82, 2.24) is 5.32 Å². The van der Waals surface area contributed by atoms with Crippen LogP contribution >= 0.6 is 11.8 Å². The molecule has 1 aliphatic heterocycles. The lowest BCUT2D eigenvalue weighted by Crippen LogP contribution is -2.40. The van der Waals surface area contributed by atoms with Gasteiger partial charge in [0.2, 0.25) is 0 Å². The van der Waals surface area contributed by atoms with Gasteiger partial charge >= 0.3 is 0 Å². The monoisotopic (exact) mass is 145 g/mol. The summed E-state index contributed by atoms with van der Waals surface area (Å²) in [6.07, 6.45) is 0. The highest BCUT2D eigenvalue weighted by atomic mass is 32.2. The van der Waals surface area contributed by atoms with Crippen molar-refractivity contribution in [1.29, 1.82) is 0 Å². The van der Waals surface area contributed by atoms with Crippen LogP contribution in [0.1, 0.15) is 13.8 Å². The standard InChI is InChI=1S/C6H11NOS/c1-5(8)6(2)7-3-4-9-6/h7H,3-4H2,1-2H3/t6-/m1/s1. The van der Waals surface area contributed by atoms with Crippen molar-refractivity contribution >= 4 is 17.5 Å². The lowest BCUT2D eigenvalue weighted by Gasteiger charge is -2.18. The lowest BCUT2D eigenvalue weighted by molar-refractivity contribution is -0.119. The highest BCUT2D eigenvalue weighted by molar-refractivity contribution is 8.01. The number of hydrogen-bond donors (Lipinski definition) is 1. The Bertz CT molecular complexity index is 129. The Hall–Kier alpha value is -0.0200. The van der Waals surface area contributed by atoms with E-state index in [1.54, 1.807) is 18.7 Å². The van der Waals surface area contributed by atoms with Crippen LogP contribution in [0.5, 0.6) is 0 Å². The normalized spacial score (nSPS) is 34.9. The molecule has 1 rings (SSSR count). The molecule has 0 aliphatic carbocycles. The molecule has 0 saturated carbocycles. The lowest BCUT2D eigenvalue weighted by atomic mass is 10.2. The topological polar surface area (TPSA) is 29.1 Å². The van der Waals surface area contributed by atoms with Gasteiger partial charge in [-0.3, -0.25) is 10.1 Å². The first-order valence-electron chi connectivity index (χ1n) is 3.05. The number of Topliss-reactive ketones (excluding diaryl/α,β-unsaturated/α-hetero) is 1. The van der Waals surface area contributed by atoms with E-state index in [-0.39, 0.29) is 10.7 Å². The number of ketones is 1. The predicted octanol–water partition coefficient (Wildman–Crippen LogP) is 0.628. The van der Waals surface area contributed by atoms with Crippen molar-refractivity contribution in [3.05, 3.63) is 0 Å². The fraction of sp³-hybridized carbons (Fsp3) is 0.833. The highest BCUT2D eigenvalue weighted by Gasteiger charge is 2.33. The molecule has 52 valence electrons. The van der Waals surface area contributed by atoms with E-state index in [1.165, 1.54) is 0 Å². The molecule has 1 saturated heterocycles. The van der Waals surface area contributed by atoms with Gasteiger partial charge in [0.05, 0.1) is 0 Å². The van der Waals surface area contributed by atoms with Crippen LogP contribution in [0.2, 0.25) is 0 Å². The Labute approximate surface area is 59.4 Å². The molecular weight excluding hydrogens is 134 g/mol. The Morgan fingerprint density at radius 1 is 1.78 bits per heavy atom. The zero-order valence-corrected chi connectivity index (χ0v) is 6.55. The number of hydrogen-bond acceptors (Lipinski definition) is 3. The van der Waals surface area contributed by atoms with Gasteiger partial charge in [-0.1, -0.05) is 0 Å². The number of nitrogens with one attached hydrogen (secondary N) is 1. The minimum absolute atomic E-state index is 0.227. The maximum Gasteiger partial charge on any atom is 0.159 e. The Morgan fingerprint density at radius 3 is 2.67 bits per heavy atom. The Morgan fingerprint density at radius 2 is 2.44 bits per heavy atom. The van der Waals surface area contributed by atoms with E-state index in [0.29, 0.717) is 0 Å². The van der Waals surface area contributed by atoms with Crippen LogP contribution < -0.4 is 5.32 Å². The minimum atomic E-state index is -0.278. The molecule has 1 fully saturated rings. The van der Waals surface area contributed by atoms with Gasteiger partial charge in [-0.05, 0) is 13.8 Å². The van der Waals surface area contributed by atoms with E-state index in [2.05, 4.69) is 5.32 Å². The van der Waals surface area contributed by atoms with Crippen molar-refractivity contribution in [2.45, 2.75) is 18.7 Å². The van der Waals surface area contributed by atoms with Gasteiger partial charge in [0, 0.05) is 12.3 Å². The summed E-state index contributed by atoms with van der Waals surface area (Å²) in [7, 11) is 0. The summed E-state index contributed by atoms with van der Waals surface area (Å²) in [5, 5.41) is 3.15. The van der Waals surface area contributed by atoms with Gasteiger partial charge in [0.1, 0.15) is 4.87 Å². The molecule has 3 heteroatoms. The molecule has 0 amide bonds. The molecule has 1 heterocycles. The Balaban J connectivity index is 2.61. The molecule has 0 aromatic rings. The van der Waals surface area contributed by atoms with E-state index in [4.69, 9.17) is 0 Å². The minimum Gasteiger partial charge on any atom is -0.297 e. The quantitative estimate of drug-likeness (QED) is 0.586. The molecule has 1 aliphatic rings. The van der Waals surface area contributed by atoms with Gasteiger partial charge < -0.3 is 0 Å². The molecular formula is C6H11NOS. The summed E-state index contributed by atoms with van der Waals surface area (Å²) in [5.41, 5.74) is 0. The SMILES string of the molecule is CC(=O)[C@]1(C)NCCS1. The second-order valence-electron chi connectivity index (χ2n) is 2.36. The molecule has 0 aromatic carbocycles. The first kappa shape index (κ1) is 7.09. The molecule has 0 spiro atoms. The third-order valence-electron chi connectivity index (χ3n) is 1.63. The van der Waals surface area contributed by atoms with Crippen molar-refractivity contribution in [2.75, 3.05) is 12.3 Å². The molecule has 0 aromatic heterocycles. The number of carbonyl (C=O) groups is 1. The van der Waals surface area contributed by atoms with Crippen LogP contribution in [0.25, 0.3) is 0 Å². The van der Waals surface area contributed by atoms with E-state index >= 15 is 0 Å². The molecule has 9 heavy (non-hydrogen) atoms. The van der Waals surface area contributed by atoms with Gasteiger partial charge in [0.25, 0.3) is 0 Å². The fourth-order valence-electron chi connectivity index (χ4n) is 0.822. The third kappa shape index (κ3) is 1.27. The van der Waals surface area contributed by atoms with E-state index in [1.807, 2.05) is 6.92 Å².